The molecule has 1 aliphatic carbocycles. The van der Waals surface area contributed by atoms with Crippen LogP contribution in [0.25, 0.3) is 0 Å². The zero-order chi connectivity index (χ0) is 14.8. The topological polar surface area (TPSA) is 58.2 Å². The molecule has 0 aromatic carbocycles. The lowest BCUT2D eigenvalue weighted by molar-refractivity contribution is -0.129. The van der Waals surface area contributed by atoms with Crippen LogP contribution in [0.15, 0.2) is 11.6 Å². The van der Waals surface area contributed by atoms with Crippen LogP contribution >= 0.6 is 0 Å². The first-order chi connectivity index (χ1) is 9.58. The first-order valence-corrected chi connectivity index (χ1v) is 7.79. The maximum Gasteiger partial charge on any atom is 0.229 e. The molecule has 20 heavy (non-hydrogen) atoms. The second-order valence-electron chi connectivity index (χ2n) is 5.92. The van der Waals surface area contributed by atoms with Gasteiger partial charge in [0.1, 0.15) is 6.42 Å². The third-order valence-corrected chi connectivity index (χ3v) is 3.52. The molecule has 0 heterocycles. The van der Waals surface area contributed by atoms with Gasteiger partial charge >= 0.3 is 0 Å². The molecule has 0 saturated heterocycles. The number of hydrogen-bond donors (Lipinski definition) is 2. The van der Waals surface area contributed by atoms with Gasteiger partial charge in [-0.05, 0) is 44.4 Å². The Kier molecular flexibility index (Phi) is 8.00. The highest BCUT2D eigenvalue weighted by atomic mass is 16.2. The van der Waals surface area contributed by atoms with Crippen molar-refractivity contribution in [3.05, 3.63) is 11.6 Å². The fourth-order valence-corrected chi connectivity index (χ4v) is 2.27. The molecule has 0 spiro atoms. The van der Waals surface area contributed by atoms with Gasteiger partial charge in [0.25, 0.3) is 0 Å². The summed E-state index contributed by atoms with van der Waals surface area (Å²) in [6.45, 7) is 5.51. The summed E-state index contributed by atoms with van der Waals surface area (Å²) >= 11 is 0. The highest BCUT2D eigenvalue weighted by molar-refractivity contribution is 5.96. The summed E-state index contributed by atoms with van der Waals surface area (Å²) < 4.78 is 0. The van der Waals surface area contributed by atoms with Gasteiger partial charge in [-0.2, -0.15) is 0 Å². The van der Waals surface area contributed by atoms with E-state index in [1.54, 1.807) is 0 Å². The van der Waals surface area contributed by atoms with E-state index in [2.05, 4.69) is 30.6 Å². The minimum atomic E-state index is -0.181. The summed E-state index contributed by atoms with van der Waals surface area (Å²) in [4.78, 5) is 23.1. The molecular weight excluding hydrogens is 252 g/mol. The minimum Gasteiger partial charge on any atom is -0.356 e. The summed E-state index contributed by atoms with van der Waals surface area (Å²) in [7, 11) is 0. The van der Waals surface area contributed by atoms with E-state index in [0.717, 1.165) is 19.3 Å². The second kappa shape index (κ2) is 9.56. The van der Waals surface area contributed by atoms with Crippen molar-refractivity contribution in [2.45, 2.75) is 58.8 Å². The number of amides is 2. The van der Waals surface area contributed by atoms with Crippen molar-refractivity contribution in [2.75, 3.05) is 13.1 Å². The molecule has 4 nitrogen and oxygen atoms in total. The largest absolute Gasteiger partial charge is 0.356 e. The van der Waals surface area contributed by atoms with Crippen molar-refractivity contribution >= 4 is 11.8 Å². The Morgan fingerprint density at radius 1 is 1.15 bits per heavy atom. The van der Waals surface area contributed by atoms with Crippen LogP contribution in [0, 0.1) is 5.92 Å². The summed E-state index contributed by atoms with van der Waals surface area (Å²) in [5.74, 6) is 0.205. The standard InChI is InChI=1S/C16H28N2O2/c1-13(2)8-10-17-15(19)12-16(20)18-11-9-14-6-4-3-5-7-14/h6,13H,3-5,7-12H2,1-2H3,(H,17,19)(H,18,20). The molecule has 2 N–H and O–H groups in total. The van der Waals surface area contributed by atoms with Gasteiger partial charge in [0.15, 0.2) is 0 Å². The molecule has 1 rings (SSSR count). The summed E-state index contributed by atoms with van der Waals surface area (Å²) in [5, 5.41) is 5.59. The van der Waals surface area contributed by atoms with Crippen LogP contribution in [0.4, 0.5) is 0 Å². The van der Waals surface area contributed by atoms with Crippen molar-refractivity contribution in [3.8, 4) is 0 Å². The first kappa shape index (κ1) is 16.7. The zero-order valence-corrected chi connectivity index (χ0v) is 12.8. The van der Waals surface area contributed by atoms with E-state index in [1.807, 2.05) is 0 Å². The van der Waals surface area contributed by atoms with Crippen LogP contribution in [-0.4, -0.2) is 24.9 Å². The lowest BCUT2D eigenvalue weighted by Crippen LogP contribution is -2.33. The Morgan fingerprint density at radius 3 is 2.45 bits per heavy atom. The zero-order valence-electron chi connectivity index (χ0n) is 12.8. The molecular formula is C16H28N2O2. The van der Waals surface area contributed by atoms with E-state index in [1.165, 1.54) is 24.8 Å². The number of carbonyl (C=O) groups is 2. The third-order valence-electron chi connectivity index (χ3n) is 3.52. The van der Waals surface area contributed by atoms with Crippen LogP contribution in [0.1, 0.15) is 58.8 Å². The molecule has 0 atom stereocenters. The Morgan fingerprint density at radius 2 is 1.85 bits per heavy atom. The lowest BCUT2D eigenvalue weighted by Gasteiger charge is -2.13. The molecule has 0 aromatic heterocycles. The van der Waals surface area contributed by atoms with Crippen molar-refractivity contribution in [1.82, 2.24) is 10.6 Å². The Hall–Kier alpha value is -1.32. The van der Waals surface area contributed by atoms with E-state index in [0.29, 0.717) is 19.0 Å². The number of allylic oxidation sites excluding steroid dienone is 1. The van der Waals surface area contributed by atoms with Gasteiger partial charge in [-0.3, -0.25) is 9.59 Å². The minimum absolute atomic E-state index is 0.0584. The number of carbonyl (C=O) groups excluding carboxylic acids is 2. The fourth-order valence-electron chi connectivity index (χ4n) is 2.27. The summed E-state index contributed by atoms with van der Waals surface area (Å²) in [5.41, 5.74) is 1.44. The van der Waals surface area contributed by atoms with Gasteiger partial charge in [0.05, 0.1) is 0 Å². The van der Waals surface area contributed by atoms with E-state index in [-0.39, 0.29) is 18.2 Å². The molecule has 0 fully saturated rings. The summed E-state index contributed by atoms with van der Waals surface area (Å²) in [6.07, 6.45) is 8.96. The molecule has 2 amide bonds. The first-order valence-electron chi connectivity index (χ1n) is 7.79. The molecule has 0 aromatic rings. The second-order valence-corrected chi connectivity index (χ2v) is 5.92. The van der Waals surface area contributed by atoms with Crippen molar-refractivity contribution in [3.63, 3.8) is 0 Å². The average molecular weight is 280 g/mol. The van der Waals surface area contributed by atoms with Crippen molar-refractivity contribution < 1.29 is 9.59 Å². The van der Waals surface area contributed by atoms with Gasteiger partial charge in [-0.25, -0.2) is 0 Å². The quantitative estimate of drug-likeness (QED) is 0.530. The monoisotopic (exact) mass is 280 g/mol. The number of rotatable bonds is 8. The molecule has 0 aliphatic heterocycles. The van der Waals surface area contributed by atoms with Gasteiger partial charge in [-0.1, -0.05) is 25.5 Å². The summed E-state index contributed by atoms with van der Waals surface area (Å²) in [6, 6.07) is 0. The Bertz CT molecular complexity index is 348. The normalized spacial score (nSPS) is 14.8. The predicted octanol–water partition coefficient (Wildman–Crippen LogP) is 2.55. The molecule has 114 valence electrons. The molecule has 0 radical (unpaired) electrons. The fraction of sp³-hybridized carbons (Fsp3) is 0.750. The average Bonchev–Trinajstić information content (AvgIpc) is 2.39. The van der Waals surface area contributed by atoms with E-state index < -0.39 is 0 Å². The Balaban J connectivity index is 2.07. The van der Waals surface area contributed by atoms with Gasteiger partial charge in [0, 0.05) is 13.1 Å². The molecule has 0 bridgehead atoms. The third kappa shape index (κ3) is 7.97. The van der Waals surface area contributed by atoms with Gasteiger partial charge in [-0.15, -0.1) is 0 Å². The van der Waals surface area contributed by atoms with Crippen LogP contribution < -0.4 is 10.6 Å². The van der Waals surface area contributed by atoms with Gasteiger partial charge in [0.2, 0.25) is 11.8 Å². The highest BCUT2D eigenvalue weighted by Gasteiger charge is 2.09. The highest BCUT2D eigenvalue weighted by Crippen LogP contribution is 2.19. The van der Waals surface area contributed by atoms with Gasteiger partial charge < -0.3 is 10.6 Å². The van der Waals surface area contributed by atoms with E-state index in [9.17, 15) is 9.59 Å². The number of hydrogen-bond acceptors (Lipinski definition) is 2. The van der Waals surface area contributed by atoms with Crippen LogP contribution in [0.2, 0.25) is 0 Å². The predicted molar refractivity (Wildman–Crippen MR) is 81.3 cm³/mol. The van der Waals surface area contributed by atoms with Crippen LogP contribution in [-0.2, 0) is 9.59 Å². The lowest BCUT2D eigenvalue weighted by atomic mass is 9.97. The SMILES string of the molecule is CC(C)CCNC(=O)CC(=O)NCCC1=CCCCC1. The van der Waals surface area contributed by atoms with E-state index >= 15 is 0 Å². The molecule has 4 heteroatoms. The van der Waals surface area contributed by atoms with E-state index in [4.69, 9.17) is 0 Å². The Labute approximate surface area is 122 Å². The molecule has 0 saturated carbocycles. The maximum atomic E-state index is 11.6. The maximum absolute atomic E-state index is 11.6. The number of nitrogens with one attached hydrogen (secondary N) is 2. The van der Waals surface area contributed by atoms with Crippen molar-refractivity contribution in [2.24, 2.45) is 5.92 Å². The van der Waals surface area contributed by atoms with Crippen molar-refractivity contribution in [1.29, 1.82) is 0 Å². The molecule has 1 aliphatic rings. The van der Waals surface area contributed by atoms with Crippen LogP contribution in [0.5, 0.6) is 0 Å². The smallest absolute Gasteiger partial charge is 0.229 e. The van der Waals surface area contributed by atoms with Crippen LogP contribution in [0.3, 0.4) is 0 Å². The molecule has 0 unspecified atom stereocenters.